The molecule has 0 aliphatic rings. The van der Waals surface area contributed by atoms with E-state index in [9.17, 15) is 14.7 Å². The second-order valence-corrected chi connectivity index (χ2v) is 9.31. The van der Waals surface area contributed by atoms with Gasteiger partial charge in [0, 0.05) is 0 Å². The van der Waals surface area contributed by atoms with Gasteiger partial charge in [-0.15, -0.1) is 0 Å². The van der Waals surface area contributed by atoms with Crippen molar-refractivity contribution in [3.8, 4) is 11.5 Å². The summed E-state index contributed by atoms with van der Waals surface area (Å²) in [5.74, 6) is 0.436. The summed E-state index contributed by atoms with van der Waals surface area (Å²) in [6.07, 6.45) is 3.27. The zero-order chi connectivity index (χ0) is 26.0. The molecule has 0 radical (unpaired) electrons. The molecule has 7 heteroatoms. The van der Waals surface area contributed by atoms with Gasteiger partial charge >= 0.3 is 5.97 Å². The van der Waals surface area contributed by atoms with Gasteiger partial charge in [0.25, 0.3) is 0 Å². The quantitative estimate of drug-likeness (QED) is 0.289. The van der Waals surface area contributed by atoms with Crippen LogP contribution >= 0.6 is 0 Å². The fourth-order valence-corrected chi connectivity index (χ4v) is 3.91. The number of phenolic OH excluding ortho intramolecular Hbond substituents is 1. The van der Waals surface area contributed by atoms with Crippen LogP contribution in [0.1, 0.15) is 73.8 Å². The van der Waals surface area contributed by atoms with Crippen molar-refractivity contribution in [2.75, 3.05) is 19.8 Å². The minimum absolute atomic E-state index is 0.0659. The minimum atomic E-state index is -0.533. The van der Waals surface area contributed by atoms with Crippen molar-refractivity contribution < 1.29 is 24.2 Å². The number of carbonyl (C=O) groups excluding carboxylic acids is 2. The Morgan fingerprint density at radius 1 is 1.11 bits per heavy atom. The van der Waals surface area contributed by atoms with Crippen molar-refractivity contribution in [1.82, 2.24) is 5.32 Å². The number of aromatic hydroxyl groups is 1. The summed E-state index contributed by atoms with van der Waals surface area (Å²) in [5.41, 5.74) is 11.2. The van der Waals surface area contributed by atoms with Crippen LogP contribution in [0.15, 0.2) is 30.3 Å². The molecule has 0 spiro atoms. The van der Waals surface area contributed by atoms with Crippen molar-refractivity contribution >= 4 is 11.9 Å². The van der Waals surface area contributed by atoms with Gasteiger partial charge in [0.05, 0.1) is 12.6 Å². The van der Waals surface area contributed by atoms with Gasteiger partial charge in [0.2, 0.25) is 5.91 Å². The zero-order valence-electron chi connectivity index (χ0n) is 21.6. The van der Waals surface area contributed by atoms with Crippen molar-refractivity contribution in [3.05, 3.63) is 58.1 Å². The highest BCUT2D eigenvalue weighted by atomic mass is 16.6. The van der Waals surface area contributed by atoms with Crippen molar-refractivity contribution in [3.63, 3.8) is 0 Å². The lowest BCUT2D eigenvalue weighted by Gasteiger charge is -2.15. The molecule has 1 atom stereocenters. The molecule has 0 aliphatic heterocycles. The topological polar surface area (TPSA) is 111 Å². The van der Waals surface area contributed by atoms with Gasteiger partial charge in [0.1, 0.15) is 18.1 Å². The highest BCUT2D eigenvalue weighted by Crippen LogP contribution is 2.29. The van der Waals surface area contributed by atoms with Gasteiger partial charge in [-0.25, -0.2) is 4.79 Å². The maximum Gasteiger partial charge on any atom is 0.344 e. The number of hydrogen-bond acceptors (Lipinski definition) is 6. The molecule has 2 rings (SSSR count). The first-order valence-corrected chi connectivity index (χ1v) is 12.4. The number of ether oxygens (including phenoxy) is 2. The van der Waals surface area contributed by atoms with Crippen LogP contribution in [0.25, 0.3) is 0 Å². The van der Waals surface area contributed by atoms with E-state index in [1.54, 1.807) is 6.07 Å². The Hall–Kier alpha value is -3.06. The molecule has 0 saturated carbocycles. The van der Waals surface area contributed by atoms with Crippen LogP contribution in [0.5, 0.6) is 11.5 Å². The van der Waals surface area contributed by atoms with E-state index >= 15 is 0 Å². The second-order valence-electron chi connectivity index (χ2n) is 9.31. The summed E-state index contributed by atoms with van der Waals surface area (Å²) in [6.45, 7) is 10.3. The molecule has 0 aromatic heterocycles. The summed E-state index contributed by atoms with van der Waals surface area (Å²) >= 11 is 0. The molecule has 0 aliphatic carbocycles. The number of amides is 1. The van der Waals surface area contributed by atoms with Crippen LogP contribution in [-0.2, 0) is 20.7 Å². The van der Waals surface area contributed by atoms with E-state index in [0.29, 0.717) is 17.9 Å². The fourth-order valence-electron chi connectivity index (χ4n) is 3.91. The first-order valence-electron chi connectivity index (χ1n) is 12.4. The molecular weight excluding hydrogens is 444 g/mol. The van der Waals surface area contributed by atoms with E-state index in [-0.39, 0.29) is 31.6 Å². The number of aryl methyl sites for hydroxylation is 2. The van der Waals surface area contributed by atoms with Gasteiger partial charge in [0.15, 0.2) is 6.61 Å². The third-order valence-electron chi connectivity index (χ3n) is 5.99. The first kappa shape index (κ1) is 28.2. The summed E-state index contributed by atoms with van der Waals surface area (Å²) < 4.78 is 10.8. The van der Waals surface area contributed by atoms with E-state index in [1.165, 1.54) is 5.56 Å². The normalized spacial score (nSPS) is 11.9. The summed E-state index contributed by atoms with van der Waals surface area (Å²) in [5, 5.41) is 12.8. The van der Waals surface area contributed by atoms with Gasteiger partial charge in [-0.1, -0.05) is 45.7 Å². The van der Waals surface area contributed by atoms with Crippen molar-refractivity contribution in [1.29, 1.82) is 0 Å². The maximum atomic E-state index is 12.0. The first-order chi connectivity index (χ1) is 16.6. The lowest BCUT2D eigenvalue weighted by molar-refractivity contribution is -0.146. The smallest absolute Gasteiger partial charge is 0.344 e. The van der Waals surface area contributed by atoms with Crippen molar-refractivity contribution in [2.24, 2.45) is 5.73 Å². The van der Waals surface area contributed by atoms with Crippen molar-refractivity contribution in [2.45, 2.75) is 72.3 Å². The molecular formula is C28H40N2O5. The number of phenols is 1. The standard InChI is InChI=1S/C28H40N2O5/c1-6-7-8-25(29)28(33)30-11-12-34-27(32)17-35-22-13-19(4)24(20(5)14-22)16-21-9-10-26(31)23(15-21)18(2)3/h9-10,13-15,18,25,31H,6-8,11-12,16-17,29H2,1-5H3,(H,30,33)/t25-/m0/s1. The molecule has 2 aromatic rings. The van der Waals surface area contributed by atoms with Crippen LogP contribution in [0, 0.1) is 13.8 Å². The van der Waals surface area contributed by atoms with Crippen LogP contribution in [0.2, 0.25) is 0 Å². The predicted octanol–water partition coefficient (Wildman–Crippen LogP) is 4.28. The van der Waals surface area contributed by atoms with Gasteiger partial charge < -0.3 is 25.6 Å². The molecule has 0 heterocycles. The lowest BCUT2D eigenvalue weighted by Crippen LogP contribution is -2.42. The maximum absolute atomic E-state index is 12.0. The zero-order valence-corrected chi connectivity index (χ0v) is 21.6. The monoisotopic (exact) mass is 484 g/mol. The number of unbranched alkanes of at least 4 members (excludes halogenated alkanes) is 1. The van der Waals surface area contributed by atoms with Crippen LogP contribution in [0.3, 0.4) is 0 Å². The second kappa shape index (κ2) is 13.7. The Bertz CT molecular complexity index is 980. The molecule has 7 nitrogen and oxygen atoms in total. The van der Waals surface area contributed by atoms with E-state index in [2.05, 4.69) is 25.2 Å². The Labute approximate surface area is 209 Å². The molecule has 1 amide bonds. The third-order valence-corrected chi connectivity index (χ3v) is 5.99. The molecule has 0 saturated heterocycles. The third kappa shape index (κ3) is 8.91. The number of benzene rings is 2. The lowest BCUT2D eigenvalue weighted by atomic mass is 9.93. The highest BCUT2D eigenvalue weighted by molar-refractivity contribution is 5.81. The Morgan fingerprint density at radius 2 is 1.80 bits per heavy atom. The minimum Gasteiger partial charge on any atom is -0.508 e. The number of esters is 1. The molecule has 192 valence electrons. The van der Waals surface area contributed by atoms with E-state index < -0.39 is 12.0 Å². The van der Waals surface area contributed by atoms with Crippen LogP contribution < -0.4 is 15.8 Å². The molecule has 35 heavy (non-hydrogen) atoms. The Balaban J connectivity index is 1.84. The number of nitrogens with two attached hydrogens (primary N) is 1. The fraction of sp³-hybridized carbons (Fsp3) is 0.500. The van der Waals surface area contributed by atoms with Gasteiger partial charge in [-0.2, -0.15) is 0 Å². The summed E-state index contributed by atoms with van der Waals surface area (Å²) in [7, 11) is 0. The average Bonchev–Trinajstić information content (AvgIpc) is 2.81. The summed E-state index contributed by atoms with van der Waals surface area (Å²) in [4.78, 5) is 23.9. The van der Waals surface area contributed by atoms with Crippen LogP contribution in [-0.4, -0.2) is 42.8 Å². The Morgan fingerprint density at radius 3 is 2.43 bits per heavy atom. The molecule has 0 fully saturated rings. The van der Waals surface area contributed by atoms with Crippen LogP contribution in [0.4, 0.5) is 0 Å². The summed E-state index contributed by atoms with van der Waals surface area (Å²) in [6, 6.07) is 9.05. The predicted molar refractivity (Wildman–Crippen MR) is 138 cm³/mol. The number of rotatable bonds is 13. The number of hydrogen-bond donors (Lipinski definition) is 3. The van der Waals surface area contributed by atoms with E-state index in [4.69, 9.17) is 15.2 Å². The SMILES string of the molecule is CCCC[C@H](N)C(=O)NCCOC(=O)COc1cc(C)c(Cc2ccc(O)c(C(C)C)c2)c(C)c1. The molecule has 0 bridgehead atoms. The van der Waals surface area contributed by atoms with E-state index in [1.807, 2.05) is 39.0 Å². The van der Waals surface area contributed by atoms with Gasteiger partial charge in [-0.3, -0.25) is 4.79 Å². The average molecular weight is 485 g/mol. The number of nitrogens with one attached hydrogen (secondary N) is 1. The van der Waals surface area contributed by atoms with E-state index in [0.717, 1.165) is 41.5 Å². The molecule has 2 aromatic carbocycles. The van der Waals surface area contributed by atoms with Gasteiger partial charge in [-0.05, 0) is 78.6 Å². The largest absolute Gasteiger partial charge is 0.508 e. The number of carbonyl (C=O) groups is 2. The molecule has 0 unspecified atom stereocenters. The molecule has 4 N–H and O–H groups in total. The Kier molecular flexibility index (Phi) is 11.1. The highest BCUT2D eigenvalue weighted by Gasteiger charge is 2.14.